The summed E-state index contributed by atoms with van der Waals surface area (Å²) in [6.45, 7) is 3.62. The quantitative estimate of drug-likeness (QED) is 0.629. The molecule has 2 fully saturated rings. The molecule has 132 valence electrons. The number of thioether (sulfide) groups is 2. The fourth-order valence-corrected chi connectivity index (χ4v) is 8.41. The van der Waals surface area contributed by atoms with Gasteiger partial charge in [-0.1, -0.05) is 44.0 Å². The molecule has 1 aromatic rings. The molecule has 0 amide bonds. The topological polar surface area (TPSA) is 3.24 Å². The van der Waals surface area contributed by atoms with Gasteiger partial charge in [0.1, 0.15) is 0 Å². The SMILES string of the molecule is CCCSC1(SC)CC2c3ccccc3CCN2C2CCCCC21. The van der Waals surface area contributed by atoms with E-state index >= 15 is 0 Å². The van der Waals surface area contributed by atoms with Crippen molar-refractivity contribution < 1.29 is 0 Å². The minimum atomic E-state index is 0.437. The van der Waals surface area contributed by atoms with Gasteiger partial charge in [-0.2, -0.15) is 0 Å². The number of fused-ring (bicyclic) bond motifs is 5. The summed E-state index contributed by atoms with van der Waals surface area (Å²) >= 11 is 4.48. The zero-order valence-corrected chi connectivity index (χ0v) is 16.8. The van der Waals surface area contributed by atoms with Crippen LogP contribution in [0, 0.1) is 5.92 Å². The van der Waals surface area contributed by atoms with Crippen molar-refractivity contribution in [2.75, 3.05) is 18.6 Å². The van der Waals surface area contributed by atoms with Crippen molar-refractivity contribution in [3.8, 4) is 0 Å². The summed E-state index contributed by atoms with van der Waals surface area (Å²) in [5, 5.41) is 0. The number of hydrogen-bond donors (Lipinski definition) is 0. The number of hydrogen-bond acceptors (Lipinski definition) is 3. The summed E-state index contributed by atoms with van der Waals surface area (Å²) in [4.78, 5) is 2.92. The first kappa shape index (κ1) is 17.3. The molecular formula is C21H31NS2. The van der Waals surface area contributed by atoms with Gasteiger partial charge in [0, 0.05) is 18.6 Å². The van der Waals surface area contributed by atoms with Crippen molar-refractivity contribution in [2.45, 2.75) is 68.0 Å². The molecule has 0 spiro atoms. The highest BCUT2D eigenvalue weighted by Gasteiger charge is 2.53. The van der Waals surface area contributed by atoms with E-state index in [0.29, 0.717) is 10.1 Å². The Morgan fingerprint density at radius 2 is 2.04 bits per heavy atom. The Hall–Kier alpha value is -0.120. The van der Waals surface area contributed by atoms with E-state index in [1.54, 1.807) is 11.1 Å². The Morgan fingerprint density at radius 3 is 2.88 bits per heavy atom. The van der Waals surface area contributed by atoms with Crippen LogP contribution in [0.4, 0.5) is 0 Å². The van der Waals surface area contributed by atoms with Gasteiger partial charge in [0.05, 0.1) is 4.08 Å². The highest BCUT2D eigenvalue weighted by molar-refractivity contribution is 8.18. The monoisotopic (exact) mass is 361 g/mol. The predicted molar refractivity (Wildman–Crippen MR) is 109 cm³/mol. The maximum atomic E-state index is 2.92. The smallest absolute Gasteiger partial charge is 0.0669 e. The summed E-state index contributed by atoms with van der Waals surface area (Å²) in [6.07, 6.45) is 12.1. The molecule has 4 unspecified atom stereocenters. The molecule has 0 N–H and O–H groups in total. The highest BCUT2D eigenvalue weighted by atomic mass is 32.2. The first-order valence-corrected chi connectivity index (χ1v) is 12.0. The van der Waals surface area contributed by atoms with E-state index in [9.17, 15) is 0 Å². The van der Waals surface area contributed by atoms with Crippen molar-refractivity contribution >= 4 is 23.5 Å². The molecule has 0 bridgehead atoms. The van der Waals surface area contributed by atoms with E-state index in [1.165, 1.54) is 57.2 Å². The molecule has 1 saturated heterocycles. The lowest BCUT2D eigenvalue weighted by molar-refractivity contribution is 0.00576. The van der Waals surface area contributed by atoms with Crippen LogP contribution in [0.3, 0.4) is 0 Å². The van der Waals surface area contributed by atoms with Gasteiger partial charge in [0.2, 0.25) is 0 Å². The van der Waals surface area contributed by atoms with Gasteiger partial charge >= 0.3 is 0 Å². The first-order chi connectivity index (χ1) is 11.8. The van der Waals surface area contributed by atoms with Gasteiger partial charge < -0.3 is 0 Å². The number of piperidine rings is 1. The average molecular weight is 362 g/mol. The second-order valence-corrected chi connectivity index (χ2v) is 10.5. The number of benzene rings is 1. The summed E-state index contributed by atoms with van der Waals surface area (Å²) in [5.74, 6) is 2.21. The van der Waals surface area contributed by atoms with E-state index in [0.717, 1.165) is 12.0 Å². The fraction of sp³-hybridized carbons (Fsp3) is 0.714. The zero-order chi connectivity index (χ0) is 16.6. The Kier molecular flexibility index (Phi) is 5.22. The summed E-state index contributed by atoms with van der Waals surface area (Å²) in [6, 6.07) is 10.8. The lowest BCUT2D eigenvalue weighted by Gasteiger charge is -2.58. The van der Waals surface area contributed by atoms with Gasteiger partial charge in [0.15, 0.2) is 0 Å². The van der Waals surface area contributed by atoms with Crippen molar-refractivity contribution in [3.63, 3.8) is 0 Å². The number of rotatable bonds is 4. The molecule has 4 rings (SSSR count). The van der Waals surface area contributed by atoms with Crippen LogP contribution in [-0.4, -0.2) is 33.6 Å². The maximum Gasteiger partial charge on any atom is 0.0669 e. The maximum absolute atomic E-state index is 2.92. The van der Waals surface area contributed by atoms with E-state index in [1.807, 2.05) is 0 Å². The predicted octanol–water partition coefficient (Wildman–Crippen LogP) is 5.75. The third-order valence-electron chi connectivity index (χ3n) is 6.55. The van der Waals surface area contributed by atoms with Crippen LogP contribution in [-0.2, 0) is 6.42 Å². The van der Waals surface area contributed by atoms with Gasteiger partial charge in [0.25, 0.3) is 0 Å². The van der Waals surface area contributed by atoms with Crippen LogP contribution in [0.5, 0.6) is 0 Å². The van der Waals surface area contributed by atoms with Gasteiger partial charge in [-0.15, -0.1) is 23.5 Å². The fourth-order valence-electron chi connectivity index (χ4n) is 5.47. The molecule has 2 heterocycles. The minimum absolute atomic E-state index is 0.437. The molecule has 1 nitrogen and oxygen atoms in total. The molecule has 1 aromatic carbocycles. The summed E-state index contributed by atoms with van der Waals surface area (Å²) < 4.78 is 0.437. The van der Waals surface area contributed by atoms with E-state index in [2.05, 4.69) is 65.9 Å². The second-order valence-electron chi connectivity index (χ2n) is 7.73. The molecule has 1 saturated carbocycles. The van der Waals surface area contributed by atoms with Crippen molar-refractivity contribution in [1.82, 2.24) is 4.90 Å². The normalized spacial score (nSPS) is 35.8. The van der Waals surface area contributed by atoms with Crippen LogP contribution >= 0.6 is 23.5 Å². The first-order valence-electron chi connectivity index (χ1n) is 9.81. The Labute approximate surface area is 156 Å². The largest absolute Gasteiger partial charge is 0.293 e. The van der Waals surface area contributed by atoms with E-state index in [-0.39, 0.29) is 0 Å². The Balaban J connectivity index is 1.72. The van der Waals surface area contributed by atoms with Gasteiger partial charge in [-0.3, -0.25) is 4.90 Å². The van der Waals surface area contributed by atoms with Crippen molar-refractivity contribution in [1.29, 1.82) is 0 Å². The van der Waals surface area contributed by atoms with Crippen molar-refractivity contribution in [2.24, 2.45) is 5.92 Å². The molecule has 24 heavy (non-hydrogen) atoms. The Morgan fingerprint density at radius 1 is 1.21 bits per heavy atom. The molecule has 0 radical (unpaired) electrons. The second kappa shape index (κ2) is 7.25. The highest BCUT2D eigenvalue weighted by Crippen LogP contribution is 2.59. The van der Waals surface area contributed by atoms with Crippen LogP contribution in [0.2, 0.25) is 0 Å². The van der Waals surface area contributed by atoms with E-state index in [4.69, 9.17) is 0 Å². The molecule has 3 heteroatoms. The zero-order valence-electron chi connectivity index (χ0n) is 15.2. The minimum Gasteiger partial charge on any atom is -0.293 e. The van der Waals surface area contributed by atoms with Crippen LogP contribution in [0.1, 0.15) is 62.6 Å². The summed E-state index contributed by atoms with van der Waals surface area (Å²) in [5.41, 5.74) is 3.26. The standard InChI is InChI=1S/C21H31NS2/c1-3-14-24-21(23-2)15-20-17-9-5-4-8-16(17)12-13-22(20)19-11-7-6-10-18(19)21/h4-5,8-9,18-20H,3,6-7,10-15H2,1-2H3. The lowest BCUT2D eigenvalue weighted by atomic mass is 9.72. The van der Waals surface area contributed by atoms with E-state index < -0.39 is 0 Å². The molecule has 3 aliphatic rings. The van der Waals surface area contributed by atoms with Gasteiger partial charge in [-0.05, 0) is 61.2 Å². The Bertz CT molecular complexity index is 575. The van der Waals surface area contributed by atoms with Crippen LogP contribution in [0.15, 0.2) is 24.3 Å². The summed E-state index contributed by atoms with van der Waals surface area (Å²) in [7, 11) is 0. The van der Waals surface area contributed by atoms with Crippen molar-refractivity contribution in [3.05, 3.63) is 35.4 Å². The van der Waals surface area contributed by atoms with Crippen LogP contribution < -0.4 is 0 Å². The lowest BCUT2D eigenvalue weighted by Crippen LogP contribution is -2.58. The average Bonchev–Trinajstić information content (AvgIpc) is 2.66. The molecule has 2 aliphatic heterocycles. The van der Waals surface area contributed by atoms with Crippen LogP contribution in [0.25, 0.3) is 0 Å². The molecular weight excluding hydrogens is 330 g/mol. The third kappa shape index (κ3) is 2.85. The molecule has 1 aliphatic carbocycles. The molecule has 0 aromatic heterocycles. The molecule has 4 atom stereocenters. The van der Waals surface area contributed by atoms with Gasteiger partial charge in [-0.25, -0.2) is 0 Å². The third-order valence-corrected chi connectivity index (χ3v) is 10.1. The number of nitrogens with zero attached hydrogens (tertiary/aromatic N) is 1.